The number of carbonyl (C=O) groups excluding carboxylic acids is 2. The molecule has 2 aliphatic rings. The zero-order valence-electron chi connectivity index (χ0n) is 19.2. The summed E-state index contributed by atoms with van der Waals surface area (Å²) in [7, 11) is 2.09. The maximum absolute atomic E-state index is 13.0. The number of dihydropyridines is 1. The van der Waals surface area contributed by atoms with Gasteiger partial charge in [0.1, 0.15) is 0 Å². The molecule has 1 aromatic rings. The lowest BCUT2D eigenvalue weighted by atomic mass is 9.95. The second kappa shape index (κ2) is 9.96. The minimum absolute atomic E-state index is 0.209. The van der Waals surface area contributed by atoms with Crippen LogP contribution in [-0.4, -0.2) is 61.7 Å². The molecule has 0 aromatic heterocycles. The van der Waals surface area contributed by atoms with Crippen LogP contribution in [0.15, 0.2) is 28.8 Å². The van der Waals surface area contributed by atoms with Crippen molar-refractivity contribution in [3.8, 4) is 0 Å². The fraction of sp³-hybridized carbons (Fsp3) is 0.542. The first-order valence-corrected chi connectivity index (χ1v) is 11.4. The van der Waals surface area contributed by atoms with Crippen molar-refractivity contribution in [2.24, 2.45) is 10.9 Å². The number of aliphatic imine (C=N–C) groups is 1. The third kappa shape index (κ3) is 5.36. The molecule has 6 nitrogen and oxygen atoms in total. The van der Waals surface area contributed by atoms with Crippen LogP contribution in [0.5, 0.6) is 0 Å². The number of carbonyl (C=O) groups is 2. The summed E-state index contributed by atoms with van der Waals surface area (Å²) in [6.07, 6.45) is 4.07. The number of amides is 2. The van der Waals surface area contributed by atoms with Gasteiger partial charge in [-0.2, -0.15) is 0 Å². The van der Waals surface area contributed by atoms with Gasteiger partial charge in [0.05, 0.1) is 5.92 Å². The summed E-state index contributed by atoms with van der Waals surface area (Å²) in [6, 6.07) is 4.07. The predicted molar refractivity (Wildman–Crippen MR) is 127 cm³/mol. The number of hydrogen-bond donors (Lipinski definition) is 1. The van der Waals surface area contributed by atoms with Crippen LogP contribution in [-0.2, 0) is 4.79 Å². The minimum Gasteiger partial charge on any atom is -0.371 e. The van der Waals surface area contributed by atoms with Crippen molar-refractivity contribution >= 4 is 34.8 Å². The van der Waals surface area contributed by atoms with Crippen molar-refractivity contribution in [1.82, 2.24) is 10.2 Å². The van der Waals surface area contributed by atoms with Crippen LogP contribution in [0, 0.1) is 12.8 Å². The summed E-state index contributed by atoms with van der Waals surface area (Å²) in [5.74, 6) is -0.847. The summed E-state index contributed by atoms with van der Waals surface area (Å²) < 4.78 is 0. The lowest BCUT2D eigenvalue weighted by Crippen LogP contribution is -2.43. The number of allylic oxidation sites excluding steroid dienone is 1. The van der Waals surface area contributed by atoms with Gasteiger partial charge in [0.15, 0.2) is 0 Å². The molecule has 7 heteroatoms. The number of rotatable bonds is 6. The average Bonchev–Trinajstić information content (AvgIpc) is 2.73. The predicted octanol–water partition coefficient (Wildman–Crippen LogP) is 3.86. The van der Waals surface area contributed by atoms with E-state index in [9.17, 15) is 9.59 Å². The highest BCUT2D eigenvalue weighted by atomic mass is 35.5. The Bertz CT molecular complexity index is 916. The van der Waals surface area contributed by atoms with Crippen LogP contribution in [0.4, 0.5) is 5.69 Å². The lowest BCUT2D eigenvalue weighted by Gasteiger charge is -2.38. The van der Waals surface area contributed by atoms with Gasteiger partial charge in [-0.25, -0.2) is 4.99 Å². The van der Waals surface area contributed by atoms with E-state index in [-0.39, 0.29) is 18.4 Å². The van der Waals surface area contributed by atoms with Gasteiger partial charge in [0.2, 0.25) is 0 Å². The zero-order chi connectivity index (χ0) is 22.7. The Morgan fingerprint density at radius 3 is 2.55 bits per heavy atom. The van der Waals surface area contributed by atoms with Gasteiger partial charge in [-0.05, 0) is 63.9 Å². The molecule has 1 aromatic carbocycles. The van der Waals surface area contributed by atoms with E-state index in [0.29, 0.717) is 22.3 Å². The summed E-state index contributed by atoms with van der Waals surface area (Å²) in [6.45, 7) is 11.3. The van der Waals surface area contributed by atoms with E-state index in [2.05, 4.69) is 34.1 Å². The minimum atomic E-state index is -0.418. The molecule has 1 N–H and O–H groups in total. The first kappa shape index (κ1) is 23.5. The lowest BCUT2D eigenvalue weighted by molar-refractivity contribution is -0.120. The number of nitrogens with zero attached hydrogens (tertiary/aromatic N) is 3. The molecule has 3 rings (SSSR count). The monoisotopic (exact) mass is 444 g/mol. The molecule has 2 heterocycles. The third-order valence-electron chi connectivity index (χ3n) is 6.56. The van der Waals surface area contributed by atoms with Crippen LogP contribution >= 0.6 is 11.6 Å². The smallest absolute Gasteiger partial charge is 0.254 e. The molecule has 0 aliphatic carbocycles. The molecule has 0 spiro atoms. The van der Waals surface area contributed by atoms with E-state index in [4.69, 9.17) is 11.6 Å². The zero-order valence-corrected chi connectivity index (χ0v) is 19.9. The second-order valence-electron chi connectivity index (χ2n) is 8.62. The molecule has 168 valence electrons. The summed E-state index contributed by atoms with van der Waals surface area (Å²) >= 11 is 6.41. The number of halogens is 1. The summed E-state index contributed by atoms with van der Waals surface area (Å²) in [5.41, 5.74) is 4.05. The molecule has 0 bridgehead atoms. The van der Waals surface area contributed by atoms with E-state index in [0.717, 1.165) is 49.3 Å². The van der Waals surface area contributed by atoms with Gasteiger partial charge in [0.25, 0.3) is 11.8 Å². The van der Waals surface area contributed by atoms with Crippen molar-refractivity contribution in [2.45, 2.75) is 46.6 Å². The second-order valence-corrected chi connectivity index (χ2v) is 9.05. The number of likely N-dealkylation sites (tertiary alicyclic amines) is 1. The van der Waals surface area contributed by atoms with Crippen LogP contribution in [0.2, 0.25) is 5.02 Å². The summed E-state index contributed by atoms with van der Waals surface area (Å²) in [5, 5.41) is 3.45. The topological polar surface area (TPSA) is 65.0 Å². The van der Waals surface area contributed by atoms with Crippen molar-refractivity contribution in [3.63, 3.8) is 0 Å². The molecular formula is C24H33ClN4O2. The van der Waals surface area contributed by atoms with Crippen LogP contribution in [0.3, 0.4) is 0 Å². The van der Waals surface area contributed by atoms with Gasteiger partial charge < -0.3 is 15.1 Å². The normalized spacial score (nSPS) is 20.3. The van der Waals surface area contributed by atoms with Crippen LogP contribution in [0.25, 0.3) is 0 Å². The van der Waals surface area contributed by atoms with Crippen molar-refractivity contribution in [3.05, 3.63) is 39.9 Å². The Morgan fingerprint density at radius 1 is 1.26 bits per heavy atom. The quantitative estimate of drug-likeness (QED) is 0.723. The molecule has 1 unspecified atom stereocenters. The number of hydrogen-bond acceptors (Lipinski definition) is 4. The van der Waals surface area contributed by atoms with E-state index in [1.807, 2.05) is 26.0 Å². The first-order valence-electron chi connectivity index (χ1n) is 11.0. The Balaban J connectivity index is 1.73. The molecule has 2 amide bonds. The molecule has 1 saturated heterocycles. The Kier molecular flexibility index (Phi) is 7.55. The maximum atomic E-state index is 13.0. The number of nitrogens with one attached hydrogen (secondary N) is 1. The highest BCUT2D eigenvalue weighted by molar-refractivity contribution is 6.31. The number of anilines is 1. The standard InChI is InChI=1S/C24H33ClN4O2/c1-6-29-9-7-19(8-10-29)28(5)22-13-18(25)12-20(17(22)4)23(30)26-14-21-15(2)11-16(3)27-24(21)31/h11-13,19,21H,6-10,14H2,1-5H3,(H,26,30). The van der Waals surface area contributed by atoms with Crippen LogP contribution < -0.4 is 10.2 Å². The fourth-order valence-corrected chi connectivity index (χ4v) is 4.75. The number of benzene rings is 1. The van der Waals surface area contributed by atoms with Gasteiger partial charge in [-0.15, -0.1) is 0 Å². The van der Waals surface area contributed by atoms with Crippen molar-refractivity contribution < 1.29 is 9.59 Å². The molecule has 0 radical (unpaired) electrons. The van der Waals surface area contributed by atoms with Gasteiger partial charge in [-0.3, -0.25) is 9.59 Å². The molecule has 1 atom stereocenters. The van der Waals surface area contributed by atoms with E-state index in [1.165, 1.54) is 0 Å². The maximum Gasteiger partial charge on any atom is 0.254 e. The molecule has 2 aliphatic heterocycles. The van der Waals surface area contributed by atoms with E-state index >= 15 is 0 Å². The Morgan fingerprint density at radius 2 is 1.94 bits per heavy atom. The highest BCUT2D eigenvalue weighted by Crippen LogP contribution is 2.31. The van der Waals surface area contributed by atoms with Gasteiger partial charge in [0, 0.05) is 54.7 Å². The van der Waals surface area contributed by atoms with Crippen LogP contribution in [0.1, 0.15) is 49.5 Å². The molecule has 1 fully saturated rings. The molecular weight excluding hydrogens is 412 g/mol. The average molecular weight is 445 g/mol. The largest absolute Gasteiger partial charge is 0.371 e. The van der Waals surface area contributed by atoms with Crippen molar-refractivity contribution in [2.75, 3.05) is 38.1 Å². The van der Waals surface area contributed by atoms with Crippen molar-refractivity contribution in [1.29, 1.82) is 0 Å². The fourth-order valence-electron chi connectivity index (χ4n) is 4.53. The first-order chi connectivity index (χ1) is 14.7. The van der Waals surface area contributed by atoms with Gasteiger partial charge >= 0.3 is 0 Å². The Labute approximate surface area is 190 Å². The summed E-state index contributed by atoms with van der Waals surface area (Å²) in [4.78, 5) is 34.0. The third-order valence-corrected chi connectivity index (χ3v) is 6.78. The number of piperidine rings is 1. The van der Waals surface area contributed by atoms with E-state index in [1.54, 1.807) is 13.0 Å². The Hall–Kier alpha value is -2.18. The SMILES string of the molecule is CCN1CCC(N(C)c2cc(Cl)cc(C(=O)NCC3C(=O)N=C(C)C=C3C)c2C)CC1. The van der Waals surface area contributed by atoms with E-state index < -0.39 is 5.92 Å². The molecule has 31 heavy (non-hydrogen) atoms. The molecule has 0 saturated carbocycles. The van der Waals surface area contributed by atoms with Gasteiger partial charge in [-0.1, -0.05) is 24.1 Å². The highest BCUT2D eigenvalue weighted by Gasteiger charge is 2.26.